The first-order valence-electron chi connectivity index (χ1n) is 6.27. The highest BCUT2D eigenvalue weighted by molar-refractivity contribution is 9.10. The highest BCUT2D eigenvalue weighted by atomic mass is 79.9. The van der Waals surface area contributed by atoms with Crippen LogP contribution >= 0.6 is 31.9 Å². The second-order valence-corrected chi connectivity index (χ2v) is 6.29. The van der Waals surface area contributed by atoms with Gasteiger partial charge in [0.15, 0.2) is 0 Å². The highest BCUT2D eigenvalue weighted by Gasteiger charge is 2.29. The average molecular weight is 375 g/mol. The SMILES string of the molecule is Cc1cccc(C(=O)N(CCBr)C2CCC2)c1Br. The van der Waals surface area contributed by atoms with Crippen LogP contribution in [0.3, 0.4) is 0 Å². The van der Waals surface area contributed by atoms with E-state index in [1.54, 1.807) is 0 Å². The molecule has 4 heteroatoms. The largest absolute Gasteiger partial charge is 0.335 e. The summed E-state index contributed by atoms with van der Waals surface area (Å²) in [6.45, 7) is 2.79. The molecule has 2 nitrogen and oxygen atoms in total. The van der Waals surface area contributed by atoms with Crippen molar-refractivity contribution in [2.75, 3.05) is 11.9 Å². The third kappa shape index (κ3) is 2.80. The first-order chi connectivity index (χ1) is 8.65. The van der Waals surface area contributed by atoms with E-state index in [4.69, 9.17) is 0 Å². The Kier molecular flexibility index (Phi) is 4.84. The molecule has 1 aromatic rings. The minimum atomic E-state index is 0.148. The fourth-order valence-electron chi connectivity index (χ4n) is 2.21. The fraction of sp³-hybridized carbons (Fsp3) is 0.500. The molecule has 1 aliphatic rings. The zero-order valence-corrected chi connectivity index (χ0v) is 13.6. The monoisotopic (exact) mass is 373 g/mol. The van der Waals surface area contributed by atoms with Crippen molar-refractivity contribution in [3.8, 4) is 0 Å². The maximum atomic E-state index is 12.6. The lowest BCUT2D eigenvalue weighted by atomic mass is 9.91. The van der Waals surface area contributed by atoms with Crippen LogP contribution in [0.5, 0.6) is 0 Å². The number of aryl methyl sites for hydroxylation is 1. The van der Waals surface area contributed by atoms with Gasteiger partial charge in [-0.1, -0.05) is 28.1 Å². The van der Waals surface area contributed by atoms with E-state index in [0.717, 1.165) is 40.3 Å². The van der Waals surface area contributed by atoms with Gasteiger partial charge in [-0.3, -0.25) is 4.79 Å². The van der Waals surface area contributed by atoms with Crippen molar-refractivity contribution in [1.29, 1.82) is 0 Å². The van der Waals surface area contributed by atoms with Gasteiger partial charge in [-0.25, -0.2) is 0 Å². The van der Waals surface area contributed by atoms with Gasteiger partial charge >= 0.3 is 0 Å². The Hall–Kier alpha value is -0.350. The molecule has 0 bridgehead atoms. The molecule has 0 spiro atoms. The number of hydrogen-bond donors (Lipinski definition) is 0. The molecule has 0 aromatic heterocycles. The molecule has 1 fully saturated rings. The minimum Gasteiger partial charge on any atom is -0.335 e. The van der Waals surface area contributed by atoms with Crippen molar-refractivity contribution < 1.29 is 4.79 Å². The Morgan fingerprint density at radius 3 is 2.72 bits per heavy atom. The molecule has 0 unspecified atom stereocenters. The molecule has 0 heterocycles. The van der Waals surface area contributed by atoms with Gasteiger partial charge in [-0.15, -0.1) is 0 Å². The fourth-order valence-corrected chi connectivity index (χ4v) is 3.02. The molecule has 0 atom stereocenters. The second kappa shape index (κ2) is 6.20. The number of halogens is 2. The lowest BCUT2D eigenvalue weighted by Crippen LogP contribution is -2.45. The third-order valence-electron chi connectivity index (χ3n) is 3.52. The standard InChI is InChI=1S/C14H17Br2NO/c1-10-4-2-7-12(13(10)16)14(18)17(9-8-15)11-5-3-6-11/h2,4,7,11H,3,5-6,8-9H2,1H3. The molecule has 98 valence electrons. The third-order valence-corrected chi connectivity index (χ3v) is 4.93. The van der Waals surface area contributed by atoms with Crippen LogP contribution in [0.1, 0.15) is 35.2 Å². The molecule has 0 radical (unpaired) electrons. The van der Waals surface area contributed by atoms with E-state index in [2.05, 4.69) is 31.9 Å². The van der Waals surface area contributed by atoms with Gasteiger partial charge in [0.2, 0.25) is 0 Å². The Labute approximate surface area is 125 Å². The minimum absolute atomic E-state index is 0.148. The maximum absolute atomic E-state index is 12.6. The molecule has 1 saturated carbocycles. The Morgan fingerprint density at radius 1 is 1.44 bits per heavy atom. The summed E-state index contributed by atoms with van der Waals surface area (Å²) in [5.74, 6) is 0.148. The normalized spacial score (nSPS) is 15.3. The van der Waals surface area contributed by atoms with Gasteiger partial charge in [0.25, 0.3) is 5.91 Å². The number of amides is 1. The number of rotatable bonds is 4. The Morgan fingerprint density at radius 2 is 2.17 bits per heavy atom. The number of nitrogens with zero attached hydrogens (tertiary/aromatic N) is 1. The van der Waals surface area contributed by atoms with Crippen molar-refractivity contribution in [2.45, 2.75) is 32.2 Å². The van der Waals surface area contributed by atoms with Gasteiger partial charge in [0.1, 0.15) is 0 Å². The van der Waals surface area contributed by atoms with E-state index in [1.165, 1.54) is 6.42 Å². The molecule has 18 heavy (non-hydrogen) atoms. The van der Waals surface area contributed by atoms with Gasteiger partial charge in [-0.2, -0.15) is 0 Å². The molecule has 2 rings (SSSR count). The van der Waals surface area contributed by atoms with Crippen LogP contribution in [-0.2, 0) is 0 Å². The molecular formula is C14H17Br2NO. The number of carbonyl (C=O) groups excluding carboxylic acids is 1. The van der Waals surface area contributed by atoms with E-state index < -0.39 is 0 Å². The first-order valence-corrected chi connectivity index (χ1v) is 8.18. The highest BCUT2D eigenvalue weighted by Crippen LogP contribution is 2.29. The maximum Gasteiger partial charge on any atom is 0.255 e. The van der Waals surface area contributed by atoms with Crippen LogP contribution in [0.15, 0.2) is 22.7 Å². The lowest BCUT2D eigenvalue weighted by molar-refractivity contribution is 0.0598. The van der Waals surface area contributed by atoms with Crippen molar-refractivity contribution in [3.63, 3.8) is 0 Å². The van der Waals surface area contributed by atoms with Crippen molar-refractivity contribution in [2.24, 2.45) is 0 Å². The number of hydrogen-bond acceptors (Lipinski definition) is 1. The van der Waals surface area contributed by atoms with Crippen LogP contribution in [0.25, 0.3) is 0 Å². The van der Waals surface area contributed by atoms with Gasteiger partial charge in [0.05, 0.1) is 5.56 Å². The molecule has 1 amide bonds. The number of alkyl halides is 1. The Bertz CT molecular complexity index is 443. The summed E-state index contributed by atoms with van der Waals surface area (Å²) in [6, 6.07) is 6.29. The summed E-state index contributed by atoms with van der Waals surface area (Å²) in [5.41, 5.74) is 1.89. The van der Waals surface area contributed by atoms with E-state index in [9.17, 15) is 4.79 Å². The first kappa shape index (κ1) is 14.1. The van der Waals surface area contributed by atoms with Gasteiger partial charge in [0, 0.05) is 22.4 Å². The summed E-state index contributed by atoms with van der Waals surface area (Å²) in [7, 11) is 0. The van der Waals surface area contributed by atoms with Crippen molar-refractivity contribution in [1.82, 2.24) is 4.90 Å². The molecule has 0 N–H and O–H groups in total. The van der Waals surface area contributed by atoms with Crippen molar-refractivity contribution >= 4 is 37.8 Å². The molecule has 0 saturated heterocycles. The van der Waals surface area contributed by atoms with Gasteiger partial charge in [-0.05, 0) is 53.7 Å². The van der Waals surface area contributed by atoms with Gasteiger partial charge < -0.3 is 4.90 Å². The Balaban J connectivity index is 2.24. The smallest absolute Gasteiger partial charge is 0.255 e. The molecular weight excluding hydrogens is 358 g/mol. The van der Waals surface area contributed by atoms with Crippen molar-refractivity contribution in [3.05, 3.63) is 33.8 Å². The summed E-state index contributed by atoms with van der Waals surface area (Å²) < 4.78 is 0.925. The zero-order valence-electron chi connectivity index (χ0n) is 10.5. The van der Waals surface area contributed by atoms with Crippen LogP contribution in [-0.4, -0.2) is 28.7 Å². The topological polar surface area (TPSA) is 20.3 Å². The predicted molar refractivity (Wildman–Crippen MR) is 81.3 cm³/mol. The summed E-state index contributed by atoms with van der Waals surface area (Å²) in [4.78, 5) is 14.6. The number of benzene rings is 1. The summed E-state index contributed by atoms with van der Waals surface area (Å²) in [5, 5.41) is 0.832. The second-order valence-electron chi connectivity index (χ2n) is 4.71. The number of carbonyl (C=O) groups is 1. The average Bonchev–Trinajstić information content (AvgIpc) is 2.29. The van der Waals surface area contributed by atoms with E-state index >= 15 is 0 Å². The molecule has 0 aliphatic heterocycles. The van der Waals surface area contributed by atoms with E-state index in [-0.39, 0.29) is 5.91 Å². The van der Waals surface area contributed by atoms with E-state index in [0.29, 0.717) is 6.04 Å². The van der Waals surface area contributed by atoms with Crippen LogP contribution < -0.4 is 0 Å². The molecule has 1 aromatic carbocycles. The quantitative estimate of drug-likeness (QED) is 0.725. The van der Waals surface area contributed by atoms with Crippen LogP contribution in [0, 0.1) is 6.92 Å². The zero-order chi connectivity index (χ0) is 13.1. The summed E-state index contributed by atoms with van der Waals surface area (Å²) in [6.07, 6.45) is 3.52. The summed E-state index contributed by atoms with van der Waals surface area (Å²) >= 11 is 6.97. The van der Waals surface area contributed by atoms with E-state index in [1.807, 2.05) is 30.0 Å². The molecule has 1 aliphatic carbocycles. The predicted octanol–water partition coefficient (Wildman–Crippen LogP) is 4.15. The van der Waals surface area contributed by atoms with Crippen LogP contribution in [0.2, 0.25) is 0 Å². The lowest BCUT2D eigenvalue weighted by Gasteiger charge is -2.37. The van der Waals surface area contributed by atoms with Crippen LogP contribution in [0.4, 0.5) is 0 Å².